The van der Waals surface area contributed by atoms with E-state index in [0.29, 0.717) is 17.1 Å². The Morgan fingerprint density at radius 3 is 2.55 bits per heavy atom. The van der Waals surface area contributed by atoms with Crippen LogP contribution in [0.25, 0.3) is 16.7 Å². The number of ether oxygens (including phenoxy) is 2. The van der Waals surface area contributed by atoms with Crippen LogP contribution in [0, 0.1) is 28.6 Å². The van der Waals surface area contributed by atoms with Crippen LogP contribution in [0.1, 0.15) is 94.4 Å². The highest BCUT2D eigenvalue weighted by Crippen LogP contribution is 2.77. The lowest BCUT2D eigenvalue weighted by molar-refractivity contribution is -0.136. The number of phenolic OH excluding ortho intramolecular Hbond substituents is 1. The average Bonchev–Trinajstić information content (AvgIpc) is 3.65. The molecule has 5 aliphatic carbocycles. The first-order valence-electron chi connectivity index (χ1n) is 19.8. The van der Waals surface area contributed by atoms with Crippen LogP contribution in [0.3, 0.4) is 0 Å². The third kappa shape index (κ3) is 5.08. The molecule has 6 atom stereocenters. The van der Waals surface area contributed by atoms with Gasteiger partial charge in [-0.15, -0.1) is 0 Å². The van der Waals surface area contributed by atoms with Gasteiger partial charge in [0.15, 0.2) is 0 Å². The Morgan fingerprint density at radius 1 is 0.906 bits per heavy atom. The number of esters is 2. The minimum absolute atomic E-state index is 0.0114. The molecular weight excluding hydrogens is 659 g/mol. The molecule has 2 heterocycles. The van der Waals surface area contributed by atoms with Crippen molar-refractivity contribution in [1.29, 1.82) is 0 Å². The minimum atomic E-state index is -0.837. The van der Waals surface area contributed by atoms with Gasteiger partial charge in [0, 0.05) is 23.1 Å². The lowest BCUT2D eigenvalue weighted by Gasteiger charge is -2.63. The van der Waals surface area contributed by atoms with Crippen molar-refractivity contribution in [2.45, 2.75) is 84.1 Å². The van der Waals surface area contributed by atoms with Gasteiger partial charge in [0.25, 0.3) is 0 Å². The highest BCUT2D eigenvalue weighted by molar-refractivity contribution is 6.08. The van der Waals surface area contributed by atoms with Crippen LogP contribution in [0.2, 0.25) is 0 Å². The number of rotatable bonds is 7. The van der Waals surface area contributed by atoms with Crippen LogP contribution in [0.4, 0.5) is 0 Å². The summed E-state index contributed by atoms with van der Waals surface area (Å²) in [6, 6.07) is 25.0. The quantitative estimate of drug-likeness (QED) is 0.238. The van der Waals surface area contributed by atoms with Gasteiger partial charge in [0.2, 0.25) is 0 Å². The van der Waals surface area contributed by atoms with Gasteiger partial charge in [-0.3, -0.25) is 0 Å². The molecule has 1 saturated heterocycles. The van der Waals surface area contributed by atoms with E-state index >= 15 is 0 Å². The van der Waals surface area contributed by atoms with Gasteiger partial charge in [0.1, 0.15) is 17.3 Å². The number of aromatic hydroxyl groups is 1. The van der Waals surface area contributed by atoms with Gasteiger partial charge >= 0.3 is 11.9 Å². The number of hydrogen-bond donors (Lipinski definition) is 2. The summed E-state index contributed by atoms with van der Waals surface area (Å²) in [7, 11) is 2.04. The lowest BCUT2D eigenvalue weighted by Crippen LogP contribution is -2.59. The first-order chi connectivity index (χ1) is 25.8. The van der Waals surface area contributed by atoms with Gasteiger partial charge < -0.3 is 19.9 Å². The summed E-state index contributed by atoms with van der Waals surface area (Å²) < 4.78 is 12.8. The summed E-state index contributed by atoms with van der Waals surface area (Å²) in [5.74, 6) is 0.875. The van der Waals surface area contributed by atoms with Crippen molar-refractivity contribution in [1.82, 2.24) is 5.32 Å². The predicted octanol–water partition coefficient (Wildman–Crippen LogP) is 9.92. The van der Waals surface area contributed by atoms with Crippen LogP contribution >= 0.6 is 0 Å². The molecule has 1 saturated carbocycles. The van der Waals surface area contributed by atoms with E-state index in [4.69, 9.17) is 9.47 Å². The lowest BCUT2D eigenvalue weighted by atomic mass is 9.37. The van der Waals surface area contributed by atoms with Gasteiger partial charge in [-0.05, 0) is 146 Å². The highest BCUT2D eigenvalue weighted by atomic mass is 16.5. The molecule has 0 aromatic heterocycles. The molecule has 2 fully saturated rings. The number of fused-ring (bicyclic) bond motifs is 5. The Hall–Kier alpha value is -4.68. The molecule has 0 radical (unpaired) electrons. The summed E-state index contributed by atoms with van der Waals surface area (Å²) in [6.07, 6.45) is 12.8. The van der Waals surface area contributed by atoms with Gasteiger partial charge in [-0.25, -0.2) is 9.59 Å². The van der Waals surface area contributed by atoms with Gasteiger partial charge in [-0.2, -0.15) is 0 Å². The maximum Gasteiger partial charge on any atom is 0.340 e. The number of hydrogen-bond acceptors (Lipinski definition) is 6. The molecule has 53 heavy (non-hydrogen) atoms. The van der Waals surface area contributed by atoms with Crippen molar-refractivity contribution in [2.75, 3.05) is 7.05 Å². The number of carbonyl (C=O) groups excluding carboxylic acids is 2. The van der Waals surface area contributed by atoms with E-state index in [2.05, 4.69) is 79.8 Å². The van der Waals surface area contributed by atoms with Crippen molar-refractivity contribution >= 4 is 17.5 Å². The Bertz CT molecular complexity index is 2140. The van der Waals surface area contributed by atoms with Gasteiger partial charge in [0.05, 0.1) is 11.0 Å². The molecule has 6 bridgehead atoms. The Balaban J connectivity index is 1.36. The number of carbonyl (C=O) groups is 2. The number of nitrogens with one attached hydrogen (secondary N) is 1. The molecule has 6 heteroatoms. The fourth-order valence-corrected chi connectivity index (χ4v) is 11.4. The smallest absolute Gasteiger partial charge is 0.340 e. The fraction of sp³-hybridized carbons (Fsp3) is 0.404. The molecule has 272 valence electrons. The second-order valence-electron chi connectivity index (χ2n) is 16.2. The summed E-state index contributed by atoms with van der Waals surface area (Å²) >= 11 is 0. The summed E-state index contributed by atoms with van der Waals surface area (Å²) in [5, 5.41) is 14.8. The molecule has 7 aliphatic rings. The van der Waals surface area contributed by atoms with Crippen LogP contribution in [-0.4, -0.2) is 24.1 Å². The summed E-state index contributed by atoms with van der Waals surface area (Å²) in [5.41, 5.74) is 7.72. The van der Waals surface area contributed by atoms with E-state index in [-0.39, 0.29) is 46.9 Å². The zero-order valence-electron chi connectivity index (χ0n) is 31.0. The monoisotopic (exact) mass is 707 g/mol. The molecule has 3 aromatic carbocycles. The predicted molar refractivity (Wildman–Crippen MR) is 206 cm³/mol. The standard InChI is InChI=1S/C47H49NO5/c1-4-6-15-38-34-18-21-46-22-20-37(48-3)31-14-10-13-30(26-31)33-17-16-32(49)27-35(33)40-36(46)19-23-47(43(46)41(34)44(50)52-38)39(53-45(51)42(40)47)25-28(5-2)24-29-11-8-7-9-12-29/h7-17,25-28,36-37,43,48-49H,4-6,18-24H2,1-3H3/t28-,36+,37-,43-,46+,47+/m1/s1. The highest BCUT2D eigenvalue weighted by Gasteiger charge is 2.73. The zero-order chi connectivity index (χ0) is 36.5. The van der Waals surface area contributed by atoms with Crippen molar-refractivity contribution in [2.24, 2.45) is 28.6 Å². The van der Waals surface area contributed by atoms with Crippen LogP contribution in [-0.2, 0) is 25.5 Å². The number of allylic oxidation sites excluding steroid dienone is 5. The summed E-state index contributed by atoms with van der Waals surface area (Å²) in [6.45, 7) is 4.34. The van der Waals surface area contributed by atoms with Crippen LogP contribution < -0.4 is 5.32 Å². The minimum Gasteiger partial charge on any atom is -0.508 e. The van der Waals surface area contributed by atoms with E-state index in [9.17, 15) is 14.7 Å². The van der Waals surface area contributed by atoms with Crippen molar-refractivity contribution in [3.63, 3.8) is 0 Å². The van der Waals surface area contributed by atoms with E-state index in [1.807, 2.05) is 25.2 Å². The van der Waals surface area contributed by atoms with Gasteiger partial charge in [-0.1, -0.05) is 74.9 Å². The average molecular weight is 708 g/mol. The Labute approximate surface area is 312 Å². The summed E-state index contributed by atoms with van der Waals surface area (Å²) in [4.78, 5) is 29.3. The molecule has 2 N–H and O–H groups in total. The van der Waals surface area contributed by atoms with E-state index < -0.39 is 5.41 Å². The van der Waals surface area contributed by atoms with Crippen LogP contribution in [0.5, 0.6) is 5.75 Å². The second kappa shape index (κ2) is 13.0. The Morgan fingerprint density at radius 2 is 1.75 bits per heavy atom. The molecule has 10 rings (SSSR count). The SMILES string of the molecule is CCCC=C1OC(=O)C2=C1CC[C@]13CC[C@@H](NC)c4cccc(c4)-c4ccc(O)cc4C4=C5C(=O)OC(=C[C@H](CC)Cc6ccccc6)[C@]5(CC[C@@H]41)[C@H]23. The third-order valence-corrected chi connectivity index (χ3v) is 13.7. The number of cyclic esters (lactones) is 2. The number of benzene rings is 3. The van der Waals surface area contributed by atoms with E-state index in [1.165, 1.54) is 11.1 Å². The molecular formula is C47H49NO5. The largest absolute Gasteiger partial charge is 0.508 e. The van der Waals surface area contributed by atoms with Crippen molar-refractivity contribution in [3.05, 3.63) is 130 Å². The zero-order valence-corrected chi connectivity index (χ0v) is 31.0. The molecule has 6 nitrogen and oxygen atoms in total. The van der Waals surface area contributed by atoms with E-state index in [1.54, 1.807) is 6.07 Å². The normalized spacial score (nSPS) is 30.4. The van der Waals surface area contributed by atoms with Crippen molar-refractivity contribution in [3.8, 4) is 16.9 Å². The second-order valence-corrected chi connectivity index (χ2v) is 16.2. The maximum atomic E-state index is 14.8. The number of unbranched alkanes of at least 4 members (excludes halogenated alkanes) is 1. The van der Waals surface area contributed by atoms with Crippen LogP contribution in [0.15, 0.2) is 113 Å². The third-order valence-electron chi connectivity index (χ3n) is 13.7. The molecule has 3 aromatic rings. The Kier molecular flexibility index (Phi) is 8.38. The maximum absolute atomic E-state index is 14.8. The molecule has 0 amide bonds. The fourth-order valence-electron chi connectivity index (χ4n) is 11.4. The van der Waals surface area contributed by atoms with Crippen molar-refractivity contribution < 1.29 is 24.2 Å². The number of phenols is 1. The van der Waals surface area contributed by atoms with E-state index in [0.717, 1.165) is 97.6 Å². The first kappa shape index (κ1) is 34.1. The first-order valence-corrected chi connectivity index (χ1v) is 19.8. The molecule has 0 unspecified atom stereocenters. The molecule has 2 aliphatic heterocycles. The molecule has 2 spiro atoms. The topological polar surface area (TPSA) is 84.9 Å².